The number of thiophene rings is 1. The molecular formula is C24H30N4O2S. The van der Waals surface area contributed by atoms with Gasteiger partial charge in [0, 0.05) is 42.3 Å². The lowest BCUT2D eigenvalue weighted by molar-refractivity contribution is 0.0940. The summed E-state index contributed by atoms with van der Waals surface area (Å²) in [7, 11) is 1.64. The Hall–Kier alpha value is -2.51. The number of amides is 1. The van der Waals surface area contributed by atoms with Gasteiger partial charge in [-0.05, 0) is 62.6 Å². The third-order valence-corrected chi connectivity index (χ3v) is 7.00. The van der Waals surface area contributed by atoms with Gasteiger partial charge in [-0.3, -0.25) is 4.79 Å². The average molecular weight is 439 g/mol. The Morgan fingerprint density at radius 1 is 1.23 bits per heavy atom. The van der Waals surface area contributed by atoms with Gasteiger partial charge in [0.15, 0.2) is 0 Å². The molecule has 0 bridgehead atoms. The van der Waals surface area contributed by atoms with Crippen LogP contribution in [-0.4, -0.2) is 48.7 Å². The van der Waals surface area contributed by atoms with Gasteiger partial charge in [-0.15, -0.1) is 11.3 Å². The van der Waals surface area contributed by atoms with Crippen molar-refractivity contribution in [2.75, 3.05) is 31.7 Å². The molecule has 1 aliphatic heterocycles. The Morgan fingerprint density at radius 3 is 2.77 bits per heavy atom. The summed E-state index contributed by atoms with van der Waals surface area (Å²) >= 11 is 1.58. The number of fused-ring (bicyclic) bond motifs is 1. The van der Waals surface area contributed by atoms with E-state index < -0.39 is 0 Å². The second kappa shape index (κ2) is 9.75. The maximum absolute atomic E-state index is 13.0. The zero-order valence-electron chi connectivity index (χ0n) is 18.5. The van der Waals surface area contributed by atoms with Crippen molar-refractivity contribution in [1.29, 1.82) is 0 Å². The number of carbonyl (C=O) groups excluding carboxylic acids is 1. The van der Waals surface area contributed by atoms with Crippen molar-refractivity contribution >= 4 is 33.3 Å². The second-order valence-corrected chi connectivity index (χ2v) is 9.20. The molecule has 1 atom stereocenters. The predicted octanol–water partition coefficient (Wildman–Crippen LogP) is 4.29. The van der Waals surface area contributed by atoms with Gasteiger partial charge < -0.3 is 15.0 Å². The maximum atomic E-state index is 13.0. The molecule has 1 unspecified atom stereocenters. The Bertz CT molecular complexity index is 1040. The Balaban J connectivity index is 1.67. The topological polar surface area (TPSA) is 67.3 Å². The van der Waals surface area contributed by atoms with Gasteiger partial charge in [-0.1, -0.05) is 18.2 Å². The molecule has 4 rings (SSSR count). The number of piperidine rings is 1. The number of hydrogen-bond donors (Lipinski definition) is 1. The van der Waals surface area contributed by atoms with Crippen LogP contribution in [0.3, 0.4) is 0 Å². The lowest BCUT2D eigenvalue weighted by atomic mass is 9.94. The first-order valence-electron chi connectivity index (χ1n) is 10.9. The lowest BCUT2D eigenvalue weighted by Crippen LogP contribution is -2.42. The number of aryl methyl sites for hydroxylation is 2. The number of hydrogen-bond acceptors (Lipinski definition) is 6. The van der Waals surface area contributed by atoms with Gasteiger partial charge in [-0.2, -0.15) is 0 Å². The molecule has 1 fully saturated rings. The number of rotatable bonds is 7. The van der Waals surface area contributed by atoms with Crippen LogP contribution in [0.25, 0.3) is 10.1 Å². The number of anilines is 1. The molecule has 0 spiro atoms. The molecular weight excluding hydrogens is 408 g/mol. The summed E-state index contributed by atoms with van der Waals surface area (Å²) < 4.78 is 6.24. The minimum atomic E-state index is -0.0155. The van der Waals surface area contributed by atoms with Crippen LogP contribution in [0.1, 0.15) is 45.9 Å². The van der Waals surface area contributed by atoms with E-state index in [2.05, 4.69) is 28.4 Å². The molecule has 1 aliphatic rings. The lowest BCUT2D eigenvalue weighted by Gasteiger charge is -2.36. The van der Waals surface area contributed by atoms with Crippen molar-refractivity contribution in [2.45, 2.75) is 45.6 Å². The van der Waals surface area contributed by atoms with Crippen molar-refractivity contribution in [2.24, 2.45) is 0 Å². The fraction of sp³-hybridized carbons (Fsp3) is 0.458. The van der Waals surface area contributed by atoms with Crippen LogP contribution >= 0.6 is 11.3 Å². The zero-order chi connectivity index (χ0) is 21.8. The Labute approximate surface area is 187 Å². The van der Waals surface area contributed by atoms with E-state index in [1.807, 2.05) is 26.0 Å². The number of methoxy groups -OCH3 is 1. The molecule has 2 aromatic heterocycles. The molecule has 31 heavy (non-hydrogen) atoms. The number of ether oxygens (including phenoxy) is 1. The first-order chi connectivity index (χ1) is 15.1. The highest BCUT2D eigenvalue weighted by molar-refractivity contribution is 7.21. The molecule has 3 heterocycles. The third kappa shape index (κ3) is 4.88. The summed E-state index contributed by atoms with van der Waals surface area (Å²) in [5, 5.41) is 4.18. The van der Waals surface area contributed by atoms with Crippen molar-refractivity contribution in [3.63, 3.8) is 0 Å². The SMILES string of the molecule is COCCNC(=O)c1sc2ccccc2c1CC1CCCCN1c1nc(C)cc(C)n1. The molecule has 3 aromatic rings. The van der Waals surface area contributed by atoms with Gasteiger partial charge in [0.25, 0.3) is 5.91 Å². The maximum Gasteiger partial charge on any atom is 0.261 e. The fourth-order valence-corrected chi connectivity index (χ4v) is 5.53. The first-order valence-corrected chi connectivity index (χ1v) is 11.7. The summed E-state index contributed by atoms with van der Waals surface area (Å²) in [6.07, 6.45) is 4.21. The highest BCUT2D eigenvalue weighted by Crippen LogP contribution is 2.35. The molecule has 1 saturated heterocycles. The van der Waals surface area contributed by atoms with Crippen molar-refractivity contribution in [3.05, 3.63) is 52.2 Å². The zero-order valence-corrected chi connectivity index (χ0v) is 19.3. The quantitative estimate of drug-likeness (QED) is 0.558. The monoisotopic (exact) mass is 438 g/mol. The van der Waals surface area contributed by atoms with Crippen LogP contribution < -0.4 is 10.2 Å². The van der Waals surface area contributed by atoms with Crippen molar-refractivity contribution in [1.82, 2.24) is 15.3 Å². The van der Waals surface area contributed by atoms with Gasteiger partial charge >= 0.3 is 0 Å². The number of nitrogens with one attached hydrogen (secondary N) is 1. The molecule has 6 nitrogen and oxygen atoms in total. The van der Waals surface area contributed by atoms with E-state index in [9.17, 15) is 4.79 Å². The standard InChI is InChI=1S/C24H30N4O2S/c1-16-14-17(2)27-24(26-16)28-12-7-6-8-18(28)15-20-19-9-4-5-10-21(19)31-22(20)23(29)25-11-13-30-3/h4-5,9-10,14,18H,6-8,11-13,15H2,1-3H3,(H,25,29). The van der Waals surface area contributed by atoms with E-state index >= 15 is 0 Å². The summed E-state index contributed by atoms with van der Waals surface area (Å²) in [5.41, 5.74) is 3.12. The minimum absolute atomic E-state index is 0.0155. The van der Waals surface area contributed by atoms with E-state index in [4.69, 9.17) is 14.7 Å². The Morgan fingerprint density at radius 2 is 2.00 bits per heavy atom. The van der Waals surface area contributed by atoms with Crippen LogP contribution in [0.15, 0.2) is 30.3 Å². The van der Waals surface area contributed by atoms with Crippen molar-refractivity contribution < 1.29 is 9.53 Å². The van der Waals surface area contributed by atoms with Crippen LogP contribution in [-0.2, 0) is 11.2 Å². The minimum Gasteiger partial charge on any atom is -0.383 e. The highest BCUT2D eigenvalue weighted by Gasteiger charge is 2.28. The van der Waals surface area contributed by atoms with Crippen molar-refractivity contribution in [3.8, 4) is 0 Å². The van der Waals surface area contributed by atoms with E-state index in [1.54, 1.807) is 18.4 Å². The summed E-state index contributed by atoms with van der Waals surface area (Å²) in [5.74, 6) is 0.797. The summed E-state index contributed by atoms with van der Waals surface area (Å²) in [4.78, 5) is 25.6. The second-order valence-electron chi connectivity index (χ2n) is 8.15. The van der Waals surface area contributed by atoms with Crippen LogP contribution in [0.4, 0.5) is 5.95 Å². The number of nitrogens with zero attached hydrogens (tertiary/aromatic N) is 3. The first kappa shape index (κ1) is 21.7. The van der Waals surface area contributed by atoms with E-state index in [0.717, 1.165) is 58.3 Å². The average Bonchev–Trinajstić information content (AvgIpc) is 3.12. The van der Waals surface area contributed by atoms with Gasteiger partial charge in [0.05, 0.1) is 11.5 Å². The smallest absolute Gasteiger partial charge is 0.261 e. The molecule has 7 heteroatoms. The molecule has 0 radical (unpaired) electrons. The third-order valence-electron chi connectivity index (χ3n) is 5.79. The molecule has 1 aromatic carbocycles. The Kier molecular flexibility index (Phi) is 6.83. The highest BCUT2D eigenvalue weighted by atomic mass is 32.1. The van der Waals surface area contributed by atoms with Gasteiger partial charge in [0.2, 0.25) is 5.95 Å². The van der Waals surface area contributed by atoms with Crippen LogP contribution in [0.5, 0.6) is 0 Å². The fourth-order valence-electron chi connectivity index (χ4n) is 4.38. The number of carbonyl (C=O) groups is 1. The molecule has 0 aliphatic carbocycles. The normalized spacial score (nSPS) is 16.6. The summed E-state index contributed by atoms with van der Waals surface area (Å²) in [6.45, 7) is 6.00. The van der Waals surface area contributed by atoms with E-state index in [1.165, 1.54) is 11.8 Å². The molecule has 0 saturated carbocycles. The summed E-state index contributed by atoms with van der Waals surface area (Å²) in [6, 6.07) is 10.6. The predicted molar refractivity (Wildman–Crippen MR) is 126 cm³/mol. The molecule has 1 N–H and O–H groups in total. The van der Waals surface area contributed by atoms with Gasteiger partial charge in [0.1, 0.15) is 0 Å². The molecule has 1 amide bonds. The van der Waals surface area contributed by atoms with Crippen LogP contribution in [0, 0.1) is 13.8 Å². The number of aromatic nitrogens is 2. The van der Waals surface area contributed by atoms with E-state index in [-0.39, 0.29) is 11.9 Å². The van der Waals surface area contributed by atoms with Gasteiger partial charge in [-0.25, -0.2) is 9.97 Å². The number of benzene rings is 1. The van der Waals surface area contributed by atoms with Crippen LogP contribution in [0.2, 0.25) is 0 Å². The largest absolute Gasteiger partial charge is 0.383 e. The van der Waals surface area contributed by atoms with E-state index in [0.29, 0.717) is 13.2 Å². The molecule has 164 valence electrons.